The fraction of sp³-hybridized carbons (Fsp3) is 0.269. The zero-order valence-corrected chi connectivity index (χ0v) is 19.8. The fourth-order valence-electron chi connectivity index (χ4n) is 4.03. The normalized spacial score (nSPS) is 13.5. The molecule has 180 valence electrons. The highest BCUT2D eigenvalue weighted by molar-refractivity contribution is 5.94. The molecule has 1 fully saturated rings. The first kappa shape index (κ1) is 22.7. The van der Waals surface area contributed by atoms with Crippen LogP contribution in [0.1, 0.15) is 5.56 Å². The summed E-state index contributed by atoms with van der Waals surface area (Å²) in [6.45, 7) is 3.87. The van der Waals surface area contributed by atoms with E-state index < -0.39 is 0 Å². The number of nitrogens with one attached hydrogen (secondary N) is 2. The number of hydrogen-bond acceptors (Lipinski definition) is 9. The molecule has 9 heteroatoms. The molecule has 0 saturated carbocycles. The number of hydrogen-bond donors (Lipinski definition) is 2. The summed E-state index contributed by atoms with van der Waals surface area (Å²) in [6, 6.07) is 16.0. The predicted octanol–water partition coefficient (Wildman–Crippen LogP) is 4.23. The summed E-state index contributed by atoms with van der Waals surface area (Å²) in [6.07, 6.45) is 3.57. The molecule has 2 N–H and O–H groups in total. The third-order valence-corrected chi connectivity index (χ3v) is 5.88. The van der Waals surface area contributed by atoms with Gasteiger partial charge < -0.3 is 29.7 Å². The molecule has 1 aliphatic heterocycles. The van der Waals surface area contributed by atoms with E-state index in [1.54, 1.807) is 20.4 Å². The van der Waals surface area contributed by atoms with E-state index in [9.17, 15) is 0 Å². The van der Waals surface area contributed by atoms with Gasteiger partial charge in [0.1, 0.15) is 5.82 Å². The molecule has 3 heterocycles. The molecule has 35 heavy (non-hydrogen) atoms. The quantitative estimate of drug-likeness (QED) is 0.391. The lowest BCUT2D eigenvalue weighted by Gasteiger charge is -2.29. The van der Waals surface area contributed by atoms with Gasteiger partial charge in [-0.2, -0.15) is 4.98 Å². The maximum atomic E-state index is 5.52. The summed E-state index contributed by atoms with van der Waals surface area (Å²) in [5.74, 6) is 2.40. The standard InChI is InChI=1S/C26H28N6O3/c1-33-23-14-21-22(15-24(23)34-2)30-26(28-17-18-4-3-9-27-16-18)31-25(21)29-19-5-7-20(8-6-19)32-10-12-35-13-11-32/h3-9,14-16H,10-13,17H2,1-2H3,(H2,28,29,30,31). The Morgan fingerprint density at radius 2 is 1.74 bits per heavy atom. The van der Waals surface area contributed by atoms with E-state index in [-0.39, 0.29) is 0 Å². The summed E-state index contributed by atoms with van der Waals surface area (Å²) in [4.78, 5) is 16.0. The van der Waals surface area contributed by atoms with Gasteiger partial charge in [-0.3, -0.25) is 4.98 Å². The highest BCUT2D eigenvalue weighted by Crippen LogP contribution is 2.35. The van der Waals surface area contributed by atoms with E-state index in [1.165, 1.54) is 5.69 Å². The van der Waals surface area contributed by atoms with Crippen LogP contribution in [0.2, 0.25) is 0 Å². The van der Waals surface area contributed by atoms with E-state index in [4.69, 9.17) is 24.2 Å². The van der Waals surface area contributed by atoms with Crippen LogP contribution < -0.4 is 25.0 Å². The molecule has 0 radical (unpaired) electrons. The largest absolute Gasteiger partial charge is 0.493 e. The average molecular weight is 473 g/mol. The van der Waals surface area contributed by atoms with Gasteiger partial charge in [-0.25, -0.2) is 4.98 Å². The number of rotatable bonds is 8. The summed E-state index contributed by atoms with van der Waals surface area (Å²) in [5.41, 5.74) is 3.88. The molecule has 5 rings (SSSR count). The van der Waals surface area contributed by atoms with Crippen LogP contribution in [0.5, 0.6) is 11.5 Å². The Kier molecular flexibility index (Phi) is 6.76. The number of nitrogens with zero attached hydrogens (tertiary/aromatic N) is 4. The summed E-state index contributed by atoms with van der Waals surface area (Å²) < 4.78 is 16.5. The van der Waals surface area contributed by atoms with Gasteiger partial charge in [-0.1, -0.05) is 6.07 Å². The first-order valence-corrected chi connectivity index (χ1v) is 11.5. The van der Waals surface area contributed by atoms with Gasteiger partial charge in [0, 0.05) is 54.9 Å². The van der Waals surface area contributed by atoms with E-state index in [1.807, 2.05) is 30.5 Å². The first-order chi connectivity index (χ1) is 17.2. The van der Waals surface area contributed by atoms with Crippen molar-refractivity contribution in [1.82, 2.24) is 15.0 Å². The summed E-state index contributed by atoms with van der Waals surface area (Å²) >= 11 is 0. The third-order valence-electron chi connectivity index (χ3n) is 5.88. The van der Waals surface area contributed by atoms with Crippen molar-refractivity contribution in [3.63, 3.8) is 0 Å². The van der Waals surface area contributed by atoms with Crippen molar-refractivity contribution in [3.8, 4) is 11.5 Å². The van der Waals surface area contributed by atoms with Gasteiger partial charge in [0.15, 0.2) is 11.5 Å². The topological polar surface area (TPSA) is 93.7 Å². The molecule has 1 saturated heterocycles. The Balaban J connectivity index is 1.46. The molecule has 0 unspecified atom stereocenters. The Bertz CT molecular complexity index is 1280. The SMILES string of the molecule is COc1cc2nc(NCc3cccnc3)nc(Nc3ccc(N4CCOCC4)cc3)c2cc1OC. The van der Waals surface area contributed by atoms with Crippen molar-refractivity contribution < 1.29 is 14.2 Å². The van der Waals surface area contributed by atoms with Gasteiger partial charge in [0.25, 0.3) is 0 Å². The molecule has 0 aliphatic carbocycles. The monoisotopic (exact) mass is 472 g/mol. The van der Waals surface area contributed by atoms with Crippen LogP contribution in [0.4, 0.5) is 23.1 Å². The number of morpholine rings is 1. The molecule has 0 atom stereocenters. The van der Waals surface area contributed by atoms with Crippen molar-refractivity contribution in [2.24, 2.45) is 0 Å². The molecule has 0 bridgehead atoms. The number of benzene rings is 2. The minimum absolute atomic E-state index is 0.501. The van der Waals surface area contributed by atoms with Crippen LogP contribution in [-0.2, 0) is 11.3 Å². The minimum atomic E-state index is 0.501. The van der Waals surface area contributed by atoms with E-state index in [0.29, 0.717) is 29.8 Å². The second-order valence-corrected chi connectivity index (χ2v) is 8.11. The van der Waals surface area contributed by atoms with Crippen molar-refractivity contribution in [2.75, 3.05) is 56.1 Å². The molecule has 2 aromatic heterocycles. The lowest BCUT2D eigenvalue weighted by molar-refractivity contribution is 0.122. The minimum Gasteiger partial charge on any atom is -0.493 e. The highest BCUT2D eigenvalue weighted by Gasteiger charge is 2.15. The molecule has 9 nitrogen and oxygen atoms in total. The van der Waals surface area contributed by atoms with Crippen LogP contribution in [0, 0.1) is 0 Å². The Hall–Kier alpha value is -4.11. The second-order valence-electron chi connectivity index (χ2n) is 8.11. The number of pyridine rings is 1. The van der Waals surface area contributed by atoms with Gasteiger partial charge >= 0.3 is 0 Å². The van der Waals surface area contributed by atoms with E-state index >= 15 is 0 Å². The Morgan fingerprint density at radius 1 is 0.971 bits per heavy atom. The lowest BCUT2D eigenvalue weighted by Crippen LogP contribution is -2.36. The highest BCUT2D eigenvalue weighted by atomic mass is 16.5. The summed E-state index contributed by atoms with van der Waals surface area (Å²) in [7, 11) is 3.23. The van der Waals surface area contributed by atoms with Crippen LogP contribution in [-0.4, -0.2) is 55.5 Å². The number of ether oxygens (including phenoxy) is 3. The Labute approximate surface area is 204 Å². The van der Waals surface area contributed by atoms with Crippen LogP contribution in [0.15, 0.2) is 60.9 Å². The van der Waals surface area contributed by atoms with Gasteiger partial charge in [-0.05, 0) is 42.0 Å². The van der Waals surface area contributed by atoms with Gasteiger partial charge in [0.05, 0.1) is 33.0 Å². The zero-order chi connectivity index (χ0) is 24.0. The maximum Gasteiger partial charge on any atom is 0.225 e. The molecule has 0 spiro atoms. The number of aromatic nitrogens is 3. The van der Waals surface area contributed by atoms with Crippen molar-refractivity contribution in [1.29, 1.82) is 0 Å². The molecule has 2 aromatic carbocycles. The van der Waals surface area contributed by atoms with Crippen molar-refractivity contribution in [2.45, 2.75) is 6.54 Å². The van der Waals surface area contributed by atoms with E-state index in [2.05, 4.69) is 44.8 Å². The Morgan fingerprint density at radius 3 is 2.46 bits per heavy atom. The predicted molar refractivity (Wildman–Crippen MR) is 137 cm³/mol. The number of methoxy groups -OCH3 is 2. The molecule has 1 aliphatic rings. The number of fused-ring (bicyclic) bond motifs is 1. The van der Waals surface area contributed by atoms with Crippen LogP contribution in [0.3, 0.4) is 0 Å². The lowest BCUT2D eigenvalue weighted by atomic mass is 10.2. The fourth-order valence-corrected chi connectivity index (χ4v) is 4.03. The van der Waals surface area contributed by atoms with Crippen LogP contribution >= 0.6 is 0 Å². The first-order valence-electron chi connectivity index (χ1n) is 11.5. The van der Waals surface area contributed by atoms with Gasteiger partial charge in [0.2, 0.25) is 5.95 Å². The van der Waals surface area contributed by atoms with E-state index in [0.717, 1.165) is 48.5 Å². The molecular weight excluding hydrogens is 444 g/mol. The maximum absolute atomic E-state index is 5.52. The smallest absolute Gasteiger partial charge is 0.225 e. The zero-order valence-electron chi connectivity index (χ0n) is 19.8. The van der Waals surface area contributed by atoms with Gasteiger partial charge in [-0.15, -0.1) is 0 Å². The average Bonchev–Trinajstić information content (AvgIpc) is 2.92. The molecule has 4 aromatic rings. The molecular formula is C26H28N6O3. The summed E-state index contributed by atoms with van der Waals surface area (Å²) in [5, 5.41) is 7.59. The van der Waals surface area contributed by atoms with Crippen LogP contribution in [0.25, 0.3) is 10.9 Å². The second kappa shape index (κ2) is 10.4. The number of anilines is 4. The van der Waals surface area contributed by atoms with Crippen molar-refractivity contribution in [3.05, 3.63) is 66.5 Å². The third kappa shape index (κ3) is 5.20. The molecule has 0 amide bonds. The van der Waals surface area contributed by atoms with Crippen molar-refractivity contribution >= 4 is 34.0 Å².